The molecule has 3 heteroatoms. The molecule has 62 valence electrons. The van der Waals surface area contributed by atoms with E-state index in [9.17, 15) is 4.79 Å². The average molecular weight is 180 g/mol. The molecule has 1 aromatic heterocycles. The fraction of sp³-hybridized carbons (Fsp3) is 0.222. The molecule has 2 rings (SSSR count). The molecule has 0 bridgehead atoms. The Hall–Kier alpha value is -1.09. The Labute approximate surface area is 74.5 Å². The lowest BCUT2D eigenvalue weighted by atomic mass is 10.1. The zero-order valence-corrected chi connectivity index (χ0v) is 7.26. The molecular weight excluding hydrogens is 172 g/mol. The highest BCUT2D eigenvalue weighted by atomic mass is 32.1. The van der Waals surface area contributed by atoms with Crippen LogP contribution < -0.4 is 0 Å². The molecular formula is C9H8O2S. The minimum absolute atomic E-state index is 0.166. The fourth-order valence-electron chi connectivity index (χ4n) is 1.14. The molecule has 1 saturated heterocycles. The number of cyclic esters (lactones) is 1. The summed E-state index contributed by atoms with van der Waals surface area (Å²) in [6.07, 6.45) is 2.64. The van der Waals surface area contributed by atoms with Crippen molar-refractivity contribution in [2.75, 3.05) is 6.61 Å². The van der Waals surface area contributed by atoms with Crippen molar-refractivity contribution in [3.8, 4) is 0 Å². The summed E-state index contributed by atoms with van der Waals surface area (Å²) in [5.41, 5.74) is 1.88. The van der Waals surface area contributed by atoms with Crippen molar-refractivity contribution < 1.29 is 9.53 Å². The van der Waals surface area contributed by atoms with Gasteiger partial charge in [0.25, 0.3) is 0 Å². The van der Waals surface area contributed by atoms with Crippen LogP contribution in [0.5, 0.6) is 0 Å². The number of esters is 1. The fourth-order valence-corrected chi connectivity index (χ4v) is 1.76. The van der Waals surface area contributed by atoms with Crippen molar-refractivity contribution in [3.63, 3.8) is 0 Å². The van der Waals surface area contributed by atoms with E-state index in [0.29, 0.717) is 6.61 Å². The number of hydrogen-bond acceptors (Lipinski definition) is 3. The van der Waals surface area contributed by atoms with Crippen LogP contribution in [-0.4, -0.2) is 12.6 Å². The lowest BCUT2D eigenvalue weighted by molar-refractivity contribution is -0.134. The van der Waals surface area contributed by atoms with Crippen LogP contribution in [-0.2, 0) is 9.53 Å². The zero-order valence-electron chi connectivity index (χ0n) is 6.45. The molecule has 0 N–H and O–H groups in total. The number of hydrogen-bond donors (Lipinski definition) is 0. The normalized spacial score (nSPS) is 20.0. The lowest BCUT2D eigenvalue weighted by Gasteiger charge is -1.88. The van der Waals surface area contributed by atoms with Gasteiger partial charge in [0.05, 0.1) is 6.61 Å². The van der Waals surface area contributed by atoms with Crippen LogP contribution in [0.1, 0.15) is 12.0 Å². The Bertz CT molecular complexity index is 311. The van der Waals surface area contributed by atoms with Gasteiger partial charge >= 0.3 is 5.97 Å². The summed E-state index contributed by atoms with van der Waals surface area (Å²) >= 11 is 1.63. The van der Waals surface area contributed by atoms with E-state index in [2.05, 4.69) is 0 Å². The molecule has 12 heavy (non-hydrogen) atoms. The molecule has 0 unspecified atom stereocenters. The van der Waals surface area contributed by atoms with Gasteiger partial charge in [0.15, 0.2) is 0 Å². The van der Waals surface area contributed by atoms with Crippen LogP contribution in [0.15, 0.2) is 22.4 Å². The molecule has 0 aromatic carbocycles. The van der Waals surface area contributed by atoms with Crippen molar-refractivity contribution in [1.82, 2.24) is 0 Å². The van der Waals surface area contributed by atoms with Gasteiger partial charge in [-0.1, -0.05) is 0 Å². The predicted octanol–water partition coefficient (Wildman–Crippen LogP) is 2.08. The van der Waals surface area contributed by atoms with Gasteiger partial charge in [-0.15, -0.1) is 0 Å². The first kappa shape index (κ1) is 7.55. The van der Waals surface area contributed by atoms with E-state index in [1.54, 1.807) is 11.3 Å². The molecule has 0 radical (unpaired) electrons. The Balaban J connectivity index is 2.23. The summed E-state index contributed by atoms with van der Waals surface area (Å²) in [6.45, 7) is 0.537. The maximum atomic E-state index is 11.0. The van der Waals surface area contributed by atoms with Gasteiger partial charge in [-0.2, -0.15) is 11.3 Å². The van der Waals surface area contributed by atoms with Gasteiger partial charge in [0, 0.05) is 12.0 Å². The molecule has 0 spiro atoms. The maximum absolute atomic E-state index is 11.0. The largest absolute Gasteiger partial charge is 0.462 e. The summed E-state index contributed by atoms with van der Waals surface area (Å²) in [6, 6.07) is 1.99. The third kappa shape index (κ3) is 1.41. The van der Waals surface area contributed by atoms with Gasteiger partial charge in [-0.05, 0) is 28.5 Å². The van der Waals surface area contributed by atoms with E-state index in [0.717, 1.165) is 17.6 Å². The third-order valence-corrected chi connectivity index (χ3v) is 2.45. The molecule has 2 heterocycles. The summed E-state index contributed by atoms with van der Waals surface area (Å²) in [5.74, 6) is -0.166. The Morgan fingerprint density at radius 3 is 3.08 bits per heavy atom. The van der Waals surface area contributed by atoms with Gasteiger partial charge in [-0.25, -0.2) is 4.79 Å². The highest BCUT2D eigenvalue weighted by Crippen LogP contribution is 2.18. The molecule has 1 aliphatic heterocycles. The monoisotopic (exact) mass is 180 g/mol. The molecule has 0 saturated carbocycles. The minimum Gasteiger partial charge on any atom is -0.462 e. The van der Waals surface area contributed by atoms with Crippen LogP contribution in [0.2, 0.25) is 0 Å². The average Bonchev–Trinajstić information content (AvgIpc) is 2.65. The SMILES string of the molecule is O=C1OCCC1=Cc1ccsc1. The molecule has 1 aliphatic rings. The number of carbonyl (C=O) groups is 1. The topological polar surface area (TPSA) is 26.3 Å². The van der Waals surface area contributed by atoms with Crippen molar-refractivity contribution >= 4 is 23.4 Å². The molecule has 1 aromatic rings. The van der Waals surface area contributed by atoms with Crippen LogP contribution in [0.3, 0.4) is 0 Å². The molecule has 0 amide bonds. The van der Waals surface area contributed by atoms with Gasteiger partial charge < -0.3 is 4.74 Å². The molecule has 2 nitrogen and oxygen atoms in total. The van der Waals surface area contributed by atoms with E-state index in [1.807, 2.05) is 22.9 Å². The summed E-state index contributed by atoms with van der Waals surface area (Å²) in [7, 11) is 0. The van der Waals surface area contributed by atoms with Crippen molar-refractivity contribution in [2.45, 2.75) is 6.42 Å². The van der Waals surface area contributed by atoms with Crippen LogP contribution in [0.4, 0.5) is 0 Å². The first-order chi connectivity index (χ1) is 5.86. The van der Waals surface area contributed by atoms with E-state index in [1.165, 1.54) is 0 Å². The summed E-state index contributed by atoms with van der Waals surface area (Å²) < 4.78 is 4.81. The van der Waals surface area contributed by atoms with Gasteiger partial charge in [-0.3, -0.25) is 0 Å². The molecule has 0 aliphatic carbocycles. The summed E-state index contributed by atoms with van der Waals surface area (Å²) in [4.78, 5) is 11.0. The molecule has 1 fully saturated rings. The minimum atomic E-state index is -0.166. The Morgan fingerprint density at radius 2 is 2.50 bits per heavy atom. The Kier molecular flexibility index (Phi) is 1.96. The highest BCUT2D eigenvalue weighted by Gasteiger charge is 2.17. The summed E-state index contributed by atoms with van der Waals surface area (Å²) in [5, 5.41) is 4.01. The zero-order chi connectivity index (χ0) is 8.39. The van der Waals surface area contributed by atoms with Crippen LogP contribution >= 0.6 is 11.3 Å². The number of rotatable bonds is 1. The van der Waals surface area contributed by atoms with Crippen molar-refractivity contribution in [3.05, 3.63) is 28.0 Å². The Morgan fingerprint density at radius 1 is 1.58 bits per heavy atom. The number of carbonyl (C=O) groups excluding carboxylic acids is 1. The maximum Gasteiger partial charge on any atom is 0.334 e. The standard InChI is InChI=1S/C9H8O2S/c10-9-8(1-3-11-9)5-7-2-4-12-6-7/h2,4-6H,1,3H2. The second kappa shape index (κ2) is 3.11. The lowest BCUT2D eigenvalue weighted by Crippen LogP contribution is -1.93. The van der Waals surface area contributed by atoms with Crippen LogP contribution in [0.25, 0.3) is 6.08 Å². The van der Waals surface area contributed by atoms with Crippen molar-refractivity contribution in [2.24, 2.45) is 0 Å². The second-order valence-corrected chi connectivity index (χ2v) is 3.39. The highest BCUT2D eigenvalue weighted by molar-refractivity contribution is 7.08. The van der Waals surface area contributed by atoms with E-state index < -0.39 is 0 Å². The smallest absolute Gasteiger partial charge is 0.334 e. The quantitative estimate of drug-likeness (QED) is 0.488. The van der Waals surface area contributed by atoms with E-state index in [4.69, 9.17) is 4.74 Å². The van der Waals surface area contributed by atoms with E-state index >= 15 is 0 Å². The number of ether oxygens (including phenoxy) is 1. The third-order valence-electron chi connectivity index (χ3n) is 1.75. The molecule has 0 atom stereocenters. The number of thiophene rings is 1. The first-order valence-electron chi connectivity index (χ1n) is 3.76. The first-order valence-corrected chi connectivity index (χ1v) is 4.70. The van der Waals surface area contributed by atoms with Gasteiger partial charge in [0.1, 0.15) is 0 Å². The van der Waals surface area contributed by atoms with E-state index in [-0.39, 0.29) is 5.97 Å². The second-order valence-electron chi connectivity index (χ2n) is 2.61. The van der Waals surface area contributed by atoms with Crippen LogP contribution in [0, 0.1) is 0 Å². The predicted molar refractivity (Wildman–Crippen MR) is 47.9 cm³/mol. The van der Waals surface area contributed by atoms with Gasteiger partial charge in [0.2, 0.25) is 0 Å². The van der Waals surface area contributed by atoms with Crippen molar-refractivity contribution in [1.29, 1.82) is 0 Å².